The van der Waals surface area contributed by atoms with E-state index in [9.17, 15) is 18.0 Å². The van der Waals surface area contributed by atoms with E-state index in [1.165, 1.54) is 4.90 Å². The molecule has 5 atom stereocenters. The summed E-state index contributed by atoms with van der Waals surface area (Å²) in [6, 6.07) is -0.571. The third kappa shape index (κ3) is 2.96. The largest absolute Gasteiger partial charge is 0.348 e. The van der Waals surface area contributed by atoms with Crippen LogP contribution in [0, 0.1) is 17.8 Å². The van der Waals surface area contributed by atoms with Crippen LogP contribution < -0.4 is 5.32 Å². The van der Waals surface area contributed by atoms with Crippen LogP contribution in [0.15, 0.2) is 0 Å². The van der Waals surface area contributed by atoms with E-state index in [4.69, 9.17) is 0 Å². The number of sulfone groups is 1. The molecule has 0 aromatic rings. The highest BCUT2D eigenvalue weighted by Gasteiger charge is 2.60. The number of carbonyl (C=O) groups is 2. The zero-order chi connectivity index (χ0) is 17.9. The van der Waals surface area contributed by atoms with Crippen LogP contribution in [0.5, 0.6) is 0 Å². The van der Waals surface area contributed by atoms with Gasteiger partial charge in [0.2, 0.25) is 11.8 Å². The summed E-state index contributed by atoms with van der Waals surface area (Å²) in [5, 5.41) is 3.29. The number of amides is 2. The van der Waals surface area contributed by atoms with Crippen molar-refractivity contribution in [2.45, 2.75) is 12.1 Å². The summed E-state index contributed by atoms with van der Waals surface area (Å²) in [4.78, 5) is 30.3. The molecule has 4 rings (SSSR count). The summed E-state index contributed by atoms with van der Waals surface area (Å²) >= 11 is 0. The smallest absolute Gasteiger partial charge is 0.236 e. The third-order valence-electron chi connectivity index (χ3n) is 6.29. The average Bonchev–Trinajstić information content (AvgIpc) is 2.87. The number of hydrogen-bond donors (Lipinski definition) is 1. The summed E-state index contributed by atoms with van der Waals surface area (Å²) in [6.07, 6.45) is 0. The van der Waals surface area contributed by atoms with Crippen molar-refractivity contribution in [3.05, 3.63) is 0 Å². The van der Waals surface area contributed by atoms with E-state index in [-0.39, 0.29) is 47.9 Å². The number of likely N-dealkylation sites (N-methyl/N-ethyl adjacent to an activating group) is 1. The Bertz CT molecular complexity index is 684. The first-order valence-electron chi connectivity index (χ1n) is 8.94. The van der Waals surface area contributed by atoms with Gasteiger partial charge in [0.25, 0.3) is 0 Å². The lowest BCUT2D eigenvalue weighted by Gasteiger charge is -2.44. The number of rotatable bonds is 3. The number of carbonyl (C=O) groups excluding carboxylic acids is 2. The van der Waals surface area contributed by atoms with Gasteiger partial charge in [-0.05, 0) is 24.9 Å². The Morgan fingerprint density at radius 1 is 1.08 bits per heavy atom. The monoisotopic (exact) mass is 370 g/mol. The summed E-state index contributed by atoms with van der Waals surface area (Å²) in [5.41, 5.74) is 0. The zero-order valence-electron chi connectivity index (χ0n) is 14.7. The molecule has 25 heavy (non-hydrogen) atoms. The number of piperazine rings is 1. The Morgan fingerprint density at radius 2 is 1.72 bits per heavy atom. The SMILES string of the molecule is CN(C)C(=O)CN1CCN(C(=O)C2[C@H]3CNC[C@@H]23)[C@@H]2CS(=O)(=O)C[C@@H]21. The summed E-state index contributed by atoms with van der Waals surface area (Å²) in [6.45, 7) is 3.07. The molecule has 0 aromatic carbocycles. The fraction of sp³-hybridized carbons (Fsp3) is 0.875. The van der Waals surface area contributed by atoms with Crippen molar-refractivity contribution >= 4 is 21.7 Å². The molecule has 4 aliphatic rings. The van der Waals surface area contributed by atoms with Crippen LogP contribution in [-0.4, -0.2) is 105 Å². The lowest BCUT2D eigenvalue weighted by Crippen LogP contribution is -2.62. The van der Waals surface area contributed by atoms with Crippen molar-refractivity contribution in [1.82, 2.24) is 20.0 Å². The van der Waals surface area contributed by atoms with Crippen molar-refractivity contribution in [1.29, 1.82) is 0 Å². The van der Waals surface area contributed by atoms with Crippen molar-refractivity contribution < 1.29 is 18.0 Å². The average molecular weight is 370 g/mol. The molecule has 3 saturated heterocycles. The van der Waals surface area contributed by atoms with E-state index in [1.54, 1.807) is 14.1 Å². The highest BCUT2D eigenvalue weighted by atomic mass is 32.2. The molecule has 8 nitrogen and oxygen atoms in total. The van der Waals surface area contributed by atoms with Crippen molar-refractivity contribution in [2.75, 3.05) is 58.3 Å². The van der Waals surface area contributed by atoms with E-state index in [1.807, 2.05) is 9.80 Å². The molecule has 140 valence electrons. The Balaban J connectivity index is 1.51. The second kappa shape index (κ2) is 5.92. The third-order valence-corrected chi connectivity index (χ3v) is 7.99. The van der Waals surface area contributed by atoms with Crippen LogP contribution in [0.3, 0.4) is 0 Å². The van der Waals surface area contributed by atoms with Gasteiger partial charge in [0.1, 0.15) is 0 Å². The number of nitrogens with zero attached hydrogens (tertiary/aromatic N) is 3. The zero-order valence-corrected chi connectivity index (χ0v) is 15.5. The summed E-state index contributed by atoms with van der Waals surface area (Å²) < 4.78 is 24.5. The predicted octanol–water partition coefficient (Wildman–Crippen LogP) is -2.15. The number of hydrogen-bond acceptors (Lipinski definition) is 6. The van der Waals surface area contributed by atoms with E-state index < -0.39 is 9.84 Å². The van der Waals surface area contributed by atoms with Gasteiger partial charge in [0.15, 0.2) is 9.84 Å². The fourth-order valence-electron chi connectivity index (χ4n) is 4.79. The molecule has 1 saturated carbocycles. The molecular weight excluding hydrogens is 344 g/mol. The minimum Gasteiger partial charge on any atom is -0.348 e. The molecule has 2 amide bonds. The molecule has 0 spiro atoms. The lowest BCUT2D eigenvalue weighted by molar-refractivity contribution is -0.140. The first-order chi connectivity index (χ1) is 11.8. The molecule has 0 bridgehead atoms. The van der Waals surface area contributed by atoms with Gasteiger partial charge in [0.05, 0.1) is 24.1 Å². The lowest BCUT2D eigenvalue weighted by atomic mass is 10.0. The molecule has 4 fully saturated rings. The van der Waals surface area contributed by atoms with Crippen LogP contribution in [0.1, 0.15) is 0 Å². The maximum atomic E-state index is 13.0. The van der Waals surface area contributed by atoms with Crippen molar-refractivity contribution in [2.24, 2.45) is 17.8 Å². The van der Waals surface area contributed by atoms with Gasteiger partial charge in [-0.3, -0.25) is 14.5 Å². The van der Waals surface area contributed by atoms with Crippen LogP contribution in [-0.2, 0) is 19.4 Å². The summed E-state index contributed by atoms with van der Waals surface area (Å²) in [7, 11) is 0.218. The molecule has 0 aromatic heterocycles. The van der Waals surface area contributed by atoms with Crippen LogP contribution in [0.4, 0.5) is 0 Å². The first-order valence-corrected chi connectivity index (χ1v) is 10.8. The second-order valence-corrected chi connectivity index (χ2v) is 10.2. The number of piperidine rings is 1. The van der Waals surface area contributed by atoms with Crippen LogP contribution >= 0.6 is 0 Å². The van der Waals surface area contributed by atoms with E-state index in [2.05, 4.69) is 5.32 Å². The van der Waals surface area contributed by atoms with Crippen LogP contribution in [0.25, 0.3) is 0 Å². The van der Waals surface area contributed by atoms with Gasteiger partial charge in [0, 0.05) is 39.1 Å². The molecule has 3 aliphatic heterocycles. The molecule has 1 aliphatic carbocycles. The highest BCUT2D eigenvalue weighted by Crippen LogP contribution is 2.50. The van der Waals surface area contributed by atoms with E-state index in [0.717, 1.165) is 13.1 Å². The van der Waals surface area contributed by atoms with Crippen LogP contribution in [0.2, 0.25) is 0 Å². The maximum Gasteiger partial charge on any atom is 0.236 e. The number of nitrogens with one attached hydrogen (secondary N) is 1. The van der Waals surface area contributed by atoms with Crippen molar-refractivity contribution in [3.8, 4) is 0 Å². The Labute approximate surface area is 148 Å². The molecule has 1 N–H and O–H groups in total. The Morgan fingerprint density at radius 3 is 2.36 bits per heavy atom. The van der Waals surface area contributed by atoms with Gasteiger partial charge in [-0.2, -0.15) is 0 Å². The quantitative estimate of drug-likeness (QED) is 0.609. The molecule has 0 radical (unpaired) electrons. The Kier molecular flexibility index (Phi) is 4.08. The first kappa shape index (κ1) is 17.2. The van der Waals surface area contributed by atoms with Crippen molar-refractivity contribution in [3.63, 3.8) is 0 Å². The Hall–Kier alpha value is -1.19. The normalized spacial score (nSPS) is 39.0. The minimum absolute atomic E-state index is 0.0242. The fourth-order valence-corrected chi connectivity index (χ4v) is 6.80. The molecule has 1 unspecified atom stereocenters. The molecule has 9 heteroatoms. The maximum absolute atomic E-state index is 13.0. The second-order valence-electron chi connectivity index (χ2n) is 8.01. The van der Waals surface area contributed by atoms with E-state index in [0.29, 0.717) is 24.9 Å². The van der Waals surface area contributed by atoms with Gasteiger partial charge in [-0.1, -0.05) is 0 Å². The van der Waals surface area contributed by atoms with Gasteiger partial charge in [-0.15, -0.1) is 0 Å². The van der Waals surface area contributed by atoms with Gasteiger partial charge in [-0.25, -0.2) is 8.42 Å². The predicted molar refractivity (Wildman–Crippen MR) is 91.5 cm³/mol. The van der Waals surface area contributed by atoms with Gasteiger partial charge < -0.3 is 15.1 Å². The highest BCUT2D eigenvalue weighted by molar-refractivity contribution is 7.91. The molecular formula is C16H26N4O4S. The minimum atomic E-state index is -3.18. The number of fused-ring (bicyclic) bond motifs is 2. The topological polar surface area (TPSA) is 90.0 Å². The summed E-state index contributed by atoms with van der Waals surface area (Å²) in [5.74, 6) is 1.08. The standard InChI is InChI=1S/C16H26N4O4S/c1-18(2)14(21)7-19-3-4-20(13-9-25(23,24)8-12(13)19)16(22)15-10-5-17-6-11(10)15/h10-13,15,17H,3-9H2,1-2H3/t10-,11+,12-,13+,15?/m0/s1. The molecule has 3 heterocycles. The van der Waals surface area contributed by atoms with Gasteiger partial charge >= 0.3 is 0 Å². The van der Waals surface area contributed by atoms with E-state index >= 15 is 0 Å².